The van der Waals surface area contributed by atoms with Crippen molar-refractivity contribution in [2.75, 3.05) is 0 Å². The number of rotatable bonds is 3. The molecule has 0 aliphatic heterocycles. The summed E-state index contributed by atoms with van der Waals surface area (Å²) >= 11 is 5.55. The Hall–Kier alpha value is -0.610. The summed E-state index contributed by atoms with van der Waals surface area (Å²) in [7, 11) is 0. The molecule has 1 saturated carbocycles. The van der Waals surface area contributed by atoms with Gasteiger partial charge < -0.3 is 4.90 Å². The number of halogens is 2. The maximum absolute atomic E-state index is 12.8. The topological polar surface area (TPSA) is 44.1 Å². The predicted molar refractivity (Wildman–Crippen MR) is 85.7 cm³/mol. The molecule has 1 aromatic carbocycles. The zero-order chi connectivity index (χ0) is 14.2. The minimum atomic E-state index is -0.774. The lowest BCUT2D eigenvalue weighted by Gasteiger charge is -2.33. The van der Waals surface area contributed by atoms with Crippen LogP contribution in [0.25, 0.3) is 0 Å². The number of hydrogen-bond acceptors (Lipinski definition) is 2. The highest BCUT2D eigenvalue weighted by atomic mass is 127. The molecule has 5 heteroatoms. The highest BCUT2D eigenvalue weighted by Gasteiger charge is 2.42. The molecule has 1 aliphatic carbocycles. The average Bonchev–Trinajstić information content (AvgIpc) is 3.16. The van der Waals surface area contributed by atoms with Crippen molar-refractivity contribution in [3.05, 3.63) is 31.8 Å². The van der Waals surface area contributed by atoms with Crippen molar-refractivity contribution >= 4 is 44.4 Å². The molecule has 0 spiro atoms. The highest BCUT2D eigenvalue weighted by Crippen LogP contribution is 2.35. The van der Waals surface area contributed by atoms with Gasteiger partial charge >= 0.3 is 0 Å². The molecular formula is C14H14BrIN2O. The summed E-state index contributed by atoms with van der Waals surface area (Å²) in [6.07, 6.45) is 1.98. The van der Waals surface area contributed by atoms with E-state index in [1.165, 1.54) is 0 Å². The molecule has 0 unspecified atom stereocenters. The minimum Gasteiger partial charge on any atom is -0.317 e. The third kappa shape index (κ3) is 3.11. The van der Waals surface area contributed by atoms with Crippen LogP contribution in [0.3, 0.4) is 0 Å². The summed E-state index contributed by atoms with van der Waals surface area (Å²) < 4.78 is 1.78. The smallest absolute Gasteiger partial charge is 0.256 e. The van der Waals surface area contributed by atoms with Crippen LogP contribution in [-0.4, -0.2) is 22.4 Å². The Balaban J connectivity index is 2.41. The summed E-state index contributed by atoms with van der Waals surface area (Å²) in [5.74, 6) is -0.0558. The molecule has 1 aromatic rings. The number of benzene rings is 1. The Morgan fingerprint density at radius 2 is 2.16 bits per heavy atom. The first kappa shape index (κ1) is 14.8. The first-order valence-corrected chi connectivity index (χ1v) is 7.94. The fraction of sp³-hybridized carbons (Fsp3) is 0.429. The number of hydrogen-bond donors (Lipinski definition) is 0. The lowest BCUT2D eigenvalue weighted by molar-refractivity contribution is 0.0614. The van der Waals surface area contributed by atoms with Gasteiger partial charge in [-0.05, 0) is 67.5 Å². The second kappa shape index (κ2) is 5.41. The number of amides is 1. The van der Waals surface area contributed by atoms with Gasteiger partial charge in [0.1, 0.15) is 5.54 Å². The van der Waals surface area contributed by atoms with E-state index in [0.717, 1.165) is 20.9 Å². The summed E-state index contributed by atoms with van der Waals surface area (Å²) in [5.41, 5.74) is -0.117. The van der Waals surface area contributed by atoms with Gasteiger partial charge in [-0.15, -0.1) is 0 Å². The molecule has 1 amide bonds. The third-order valence-corrected chi connectivity index (χ3v) is 4.60. The monoisotopic (exact) mass is 432 g/mol. The van der Waals surface area contributed by atoms with E-state index >= 15 is 0 Å². The van der Waals surface area contributed by atoms with E-state index in [1.807, 2.05) is 18.2 Å². The van der Waals surface area contributed by atoms with Crippen LogP contribution in [0, 0.1) is 14.9 Å². The molecule has 19 heavy (non-hydrogen) atoms. The van der Waals surface area contributed by atoms with Gasteiger partial charge in [0.2, 0.25) is 0 Å². The first-order valence-electron chi connectivity index (χ1n) is 6.07. The number of carbonyl (C=O) groups excluding carboxylic acids is 1. The molecule has 3 nitrogen and oxygen atoms in total. The first-order chi connectivity index (χ1) is 8.86. The van der Waals surface area contributed by atoms with E-state index in [0.29, 0.717) is 5.56 Å². The maximum Gasteiger partial charge on any atom is 0.256 e. The van der Waals surface area contributed by atoms with E-state index in [-0.39, 0.29) is 11.9 Å². The van der Waals surface area contributed by atoms with Crippen LogP contribution < -0.4 is 0 Å². The Morgan fingerprint density at radius 1 is 1.53 bits per heavy atom. The second-order valence-electron chi connectivity index (χ2n) is 5.20. The molecule has 100 valence electrons. The number of nitrogens with zero attached hydrogens (tertiary/aromatic N) is 2. The van der Waals surface area contributed by atoms with E-state index in [4.69, 9.17) is 0 Å². The van der Waals surface area contributed by atoms with Gasteiger partial charge in [0.05, 0.1) is 11.6 Å². The summed E-state index contributed by atoms with van der Waals surface area (Å²) in [4.78, 5) is 14.5. The van der Waals surface area contributed by atoms with Gasteiger partial charge in [-0.25, -0.2) is 0 Å². The molecule has 1 fully saturated rings. The van der Waals surface area contributed by atoms with Crippen LogP contribution in [-0.2, 0) is 0 Å². The normalized spacial score (nSPS) is 14.9. The number of nitriles is 1. The van der Waals surface area contributed by atoms with Crippen LogP contribution in [0.2, 0.25) is 0 Å². The Bertz CT molecular complexity index is 561. The van der Waals surface area contributed by atoms with Crippen molar-refractivity contribution in [3.63, 3.8) is 0 Å². The summed E-state index contributed by atoms with van der Waals surface area (Å²) in [6, 6.07) is 8.09. The largest absolute Gasteiger partial charge is 0.317 e. The van der Waals surface area contributed by atoms with Gasteiger partial charge in [-0.3, -0.25) is 4.79 Å². The highest BCUT2D eigenvalue weighted by molar-refractivity contribution is 14.1. The van der Waals surface area contributed by atoms with Crippen molar-refractivity contribution in [1.82, 2.24) is 4.90 Å². The fourth-order valence-electron chi connectivity index (χ4n) is 2.05. The Labute approximate surface area is 135 Å². The van der Waals surface area contributed by atoms with Gasteiger partial charge in [-0.1, -0.05) is 15.9 Å². The van der Waals surface area contributed by atoms with Gasteiger partial charge in [-0.2, -0.15) is 5.26 Å². The lowest BCUT2D eigenvalue weighted by Crippen LogP contribution is -2.48. The Kier molecular flexibility index (Phi) is 4.21. The van der Waals surface area contributed by atoms with Crippen molar-refractivity contribution in [3.8, 4) is 6.07 Å². The third-order valence-electron chi connectivity index (χ3n) is 3.17. The molecule has 0 heterocycles. The molecule has 0 N–H and O–H groups in total. The van der Waals surface area contributed by atoms with Crippen molar-refractivity contribution in [2.24, 2.45) is 0 Å². The molecule has 2 rings (SSSR count). The van der Waals surface area contributed by atoms with E-state index in [1.54, 1.807) is 18.7 Å². The molecular weight excluding hydrogens is 419 g/mol. The van der Waals surface area contributed by atoms with E-state index in [9.17, 15) is 10.1 Å². The quantitative estimate of drug-likeness (QED) is 0.678. The second-order valence-corrected chi connectivity index (χ2v) is 7.28. The molecule has 0 saturated heterocycles. The van der Waals surface area contributed by atoms with Crippen LogP contribution in [0.5, 0.6) is 0 Å². The van der Waals surface area contributed by atoms with Crippen molar-refractivity contribution < 1.29 is 4.79 Å². The SMILES string of the molecule is CC(C)(C#N)N(C(=O)c1cc(Br)ccc1I)C1CC1. The summed E-state index contributed by atoms with van der Waals surface area (Å²) in [6.45, 7) is 3.60. The van der Waals surface area contributed by atoms with Crippen LogP contribution in [0.1, 0.15) is 37.0 Å². The van der Waals surface area contributed by atoms with E-state index < -0.39 is 5.54 Å². The predicted octanol–water partition coefficient (Wildman–Crippen LogP) is 3.96. The van der Waals surface area contributed by atoms with E-state index in [2.05, 4.69) is 44.6 Å². The van der Waals surface area contributed by atoms with Gasteiger partial charge in [0.25, 0.3) is 5.91 Å². The summed E-state index contributed by atoms with van der Waals surface area (Å²) in [5, 5.41) is 9.31. The van der Waals surface area contributed by atoms with Crippen molar-refractivity contribution in [2.45, 2.75) is 38.3 Å². The average molecular weight is 433 g/mol. The molecule has 0 aromatic heterocycles. The van der Waals surface area contributed by atoms with Crippen LogP contribution in [0.15, 0.2) is 22.7 Å². The van der Waals surface area contributed by atoms with Gasteiger partial charge in [0, 0.05) is 14.1 Å². The zero-order valence-corrected chi connectivity index (χ0v) is 14.5. The zero-order valence-electron chi connectivity index (χ0n) is 10.8. The fourth-order valence-corrected chi connectivity index (χ4v) is 2.98. The Morgan fingerprint density at radius 3 is 2.68 bits per heavy atom. The number of carbonyl (C=O) groups is 1. The van der Waals surface area contributed by atoms with Crippen molar-refractivity contribution in [1.29, 1.82) is 5.26 Å². The van der Waals surface area contributed by atoms with Crippen LogP contribution in [0.4, 0.5) is 0 Å². The minimum absolute atomic E-state index is 0.0558. The molecule has 0 bridgehead atoms. The molecule has 1 aliphatic rings. The van der Waals surface area contributed by atoms with Crippen LogP contribution >= 0.6 is 38.5 Å². The lowest BCUT2D eigenvalue weighted by atomic mass is 10.0. The standard InChI is InChI=1S/C14H14BrIN2O/c1-14(2,8-17)18(10-4-5-10)13(19)11-7-9(15)3-6-12(11)16/h3,6-7,10H,4-5H2,1-2H3. The maximum atomic E-state index is 12.8. The molecule has 0 radical (unpaired) electrons. The molecule has 0 atom stereocenters. The van der Waals surface area contributed by atoms with Gasteiger partial charge in [0.15, 0.2) is 0 Å².